The van der Waals surface area contributed by atoms with Gasteiger partial charge in [0.25, 0.3) is 0 Å². The number of carbonyl (C=O) groups is 2. The number of hydrogen-bond donors (Lipinski definition) is 2. The Morgan fingerprint density at radius 3 is 2.79 bits per heavy atom. The molecule has 0 fully saturated rings. The number of anilines is 2. The lowest BCUT2D eigenvalue weighted by molar-refractivity contribution is -0.116. The summed E-state index contributed by atoms with van der Waals surface area (Å²) in [4.78, 5) is 28.3. The number of hydrogen-bond acceptors (Lipinski definition) is 7. The lowest BCUT2D eigenvalue weighted by atomic mass is 10.3. The summed E-state index contributed by atoms with van der Waals surface area (Å²) in [6.07, 6.45) is 3.15. The minimum atomic E-state index is -0.518. The van der Waals surface area contributed by atoms with Crippen LogP contribution in [-0.4, -0.2) is 37.3 Å². The molecule has 0 radical (unpaired) electrons. The van der Waals surface area contributed by atoms with Crippen molar-refractivity contribution in [1.29, 1.82) is 0 Å². The smallest absolute Gasteiger partial charge is 0.236 e. The van der Waals surface area contributed by atoms with E-state index in [1.54, 1.807) is 34.4 Å². The van der Waals surface area contributed by atoms with Gasteiger partial charge in [-0.3, -0.25) is 9.59 Å². The van der Waals surface area contributed by atoms with Crippen LogP contribution in [0.4, 0.5) is 15.2 Å². The fraction of sp³-hybridized carbons (Fsp3) is 0.167. The van der Waals surface area contributed by atoms with Crippen LogP contribution >= 0.6 is 23.1 Å². The Morgan fingerprint density at radius 2 is 2.07 bits per heavy atom. The zero-order chi connectivity index (χ0) is 20.6. The first kappa shape index (κ1) is 20.7. The number of benzene rings is 1. The van der Waals surface area contributed by atoms with E-state index in [1.165, 1.54) is 35.2 Å². The van der Waals surface area contributed by atoms with Crippen molar-refractivity contribution in [3.05, 3.63) is 60.1 Å². The Bertz CT molecular complexity index is 1010. The van der Waals surface area contributed by atoms with Crippen molar-refractivity contribution in [2.24, 2.45) is 0 Å². The average molecular weight is 433 g/mol. The lowest BCUT2D eigenvalue weighted by Crippen LogP contribution is -2.18. The van der Waals surface area contributed by atoms with Gasteiger partial charge >= 0.3 is 0 Å². The summed E-state index contributed by atoms with van der Waals surface area (Å²) < 4.78 is 15.4. The second kappa shape index (κ2) is 9.94. The molecule has 2 heterocycles. The van der Waals surface area contributed by atoms with Crippen molar-refractivity contribution in [3.8, 4) is 0 Å². The van der Waals surface area contributed by atoms with E-state index in [2.05, 4.69) is 32.4 Å². The SMILES string of the molecule is C=CCn1c(CC(=O)Nc2ccccc2F)nnc1SCC(=O)Nc1nccs1. The molecule has 0 bridgehead atoms. The molecule has 0 aliphatic heterocycles. The molecule has 2 aromatic heterocycles. The largest absolute Gasteiger partial charge is 0.323 e. The van der Waals surface area contributed by atoms with E-state index in [0.29, 0.717) is 22.7 Å². The maximum absolute atomic E-state index is 13.7. The molecule has 29 heavy (non-hydrogen) atoms. The van der Waals surface area contributed by atoms with E-state index >= 15 is 0 Å². The van der Waals surface area contributed by atoms with E-state index in [0.717, 1.165) is 0 Å². The maximum atomic E-state index is 13.7. The monoisotopic (exact) mass is 432 g/mol. The summed E-state index contributed by atoms with van der Waals surface area (Å²) in [5, 5.41) is 16.1. The molecule has 1 aromatic carbocycles. The molecule has 0 saturated carbocycles. The highest BCUT2D eigenvalue weighted by Gasteiger charge is 2.17. The van der Waals surface area contributed by atoms with Crippen molar-refractivity contribution >= 4 is 45.7 Å². The van der Waals surface area contributed by atoms with Crippen LogP contribution in [0.25, 0.3) is 0 Å². The summed E-state index contributed by atoms with van der Waals surface area (Å²) in [7, 11) is 0. The molecule has 2 N–H and O–H groups in total. The maximum Gasteiger partial charge on any atom is 0.236 e. The summed E-state index contributed by atoms with van der Waals surface area (Å²) in [6, 6.07) is 5.91. The van der Waals surface area contributed by atoms with Crippen molar-refractivity contribution in [1.82, 2.24) is 19.7 Å². The lowest BCUT2D eigenvalue weighted by Gasteiger charge is -2.09. The fourth-order valence-electron chi connectivity index (χ4n) is 2.34. The van der Waals surface area contributed by atoms with E-state index in [1.807, 2.05) is 0 Å². The highest BCUT2D eigenvalue weighted by molar-refractivity contribution is 7.99. The second-order valence-corrected chi connectivity index (χ2v) is 7.51. The number of carbonyl (C=O) groups excluding carboxylic acids is 2. The molecule has 3 aromatic rings. The molecule has 3 rings (SSSR count). The average Bonchev–Trinajstić information content (AvgIpc) is 3.33. The summed E-state index contributed by atoms with van der Waals surface area (Å²) in [6.45, 7) is 4.07. The van der Waals surface area contributed by atoms with Crippen LogP contribution in [0.3, 0.4) is 0 Å². The minimum Gasteiger partial charge on any atom is -0.323 e. The molecule has 11 heteroatoms. The number of amides is 2. The molecule has 150 valence electrons. The number of nitrogens with zero attached hydrogens (tertiary/aromatic N) is 4. The molecule has 8 nitrogen and oxygen atoms in total. The molecule has 0 saturated heterocycles. The molecule has 0 aliphatic carbocycles. The van der Waals surface area contributed by atoms with E-state index in [4.69, 9.17) is 0 Å². The van der Waals surface area contributed by atoms with Gasteiger partial charge in [0.15, 0.2) is 10.3 Å². The first-order valence-electron chi connectivity index (χ1n) is 8.46. The highest BCUT2D eigenvalue weighted by atomic mass is 32.2. The minimum absolute atomic E-state index is 0.0962. The Kier molecular flexibility index (Phi) is 7.09. The van der Waals surface area contributed by atoms with Gasteiger partial charge < -0.3 is 15.2 Å². The van der Waals surface area contributed by atoms with Crippen molar-refractivity contribution in [3.63, 3.8) is 0 Å². The third-order valence-corrected chi connectivity index (χ3v) is 5.24. The van der Waals surface area contributed by atoms with E-state index in [9.17, 15) is 14.0 Å². The summed E-state index contributed by atoms with van der Waals surface area (Å²) in [5.74, 6) is -0.670. The van der Waals surface area contributed by atoms with Crippen LogP contribution in [0.5, 0.6) is 0 Å². The molecule has 0 atom stereocenters. The van der Waals surface area contributed by atoms with Gasteiger partial charge in [0.1, 0.15) is 11.6 Å². The topological polar surface area (TPSA) is 102 Å². The van der Waals surface area contributed by atoms with Crippen LogP contribution in [0.2, 0.25) is 0 Å². The van der Waals surface area contributed by atoms with E-state index in [-0.39, 0.29) is 23.8 Å². The van der Waals surface area contributed by atoms with Crippen LogP contribution in [0, 0.1) is 5.82 Å². The number of allylic oxidation sites excluding steroid dienone is 1. The van der Waals surface area contributed by atoms with Gasteiger partial charge in [-0.15, -0.1) is 28.1 Å². The Morgan fingerprint density at radius 1 is 1.24 bits per heavy atom. The van der Waals surface area contributed by atoms with Crippen molar-refractivity contribution in [2.45, 2.75) is 18.1 Å². The molecular formula is C18H17FN6O2S2. The zero-order valence-corrected chi connectivity index (χ0v) is 16.8. The Balaban J connectivity index is 1.63. The Labute approximate surface area is 174 Å². The third-order valence-electron chi connectivity index (χ3n) is 3.58. The van der Waals surface area contributed by atoms with Crippen LogP contribution < -0.4 is 10.6 Å². The third kappa shape index (κ3) is 5.72. The van der Waals surface area contributed by atoms with Gasteiger partial charge in [-0.2, -0.15) is 0 Å². The number of halogens is 1. The molecular weight excluding hydrogens is 415 g/mol. The number of aromatic nitrogens is 4. The van der Waals surface area contributed by atoms with Crippen LogP contribution in [0.1, 0.15) is 5.82 Å². The second-order valence-electron chi connectivity index (χ2n) is 5.68. The first-order valence-corrected chi connectivity index (χ1v) is 10.3. The fourth-order valence-corrected chi connectivity index (χ4v) is 3.65. The molecule has 0 spiro atoms. The molecule has 0 unspecified atom stereocenters. The predicted molar refractivity (Wildman–Crippen MR) is 110 cm³/mol. The first-order chi connectivity index (χ1) is 14.1. The van der Waals surface area contributed by atoms with Gasteiger partial charge in [0.2, 0.25) is 11.8 Å². The van der Waals surface area contributed by atoms with Crippen molar-refractivity contribution < 1.29 is 14.0 Å². The summed E-state index contributed by atoms with van der Waals surface area (Å²) in [5.41, 5.74) is 0.0979. The Hall–Kier alpha value is -3.05. The number of thiazole rings is 1. The van der Waals surface area contributed by atoms with Gasteiger partial charge in [-0.05, 0) is 12.1 Å². The zero-order valence-electron chi connectivity index (χ0n) is 15.2. The van der Waals surface area contributed by atoms with Gasteiger partial charge in [0, 0.05) is 18.1 Å². The summed E-state index contributed by atoms with van der Waals surface area (Å²) >= 11 is 2.51. The number of nitrogens with one attached hydrogen (secondary N) is 2. The van der Waals surface area contributed by atoms with Crippen LogP contribution in [0.15, 0.2) is 53.7 Å². The number of rotatable bonds is 9. The van der Waals surface area contributed by atoms with Gasteiger partial charge in [-0.25, -0.2) is 9.37 Å². The number of para-hydroxylation sites is 1. The van der Waals surface area contributed by atoms with Crippen LogP contribution in [-0.2, 0) is 22.6 Å². The number of thioether (sulfide) groups is 1. The van der Waals surface area contributed by atoms with Gasteiger partial charge in [0.05, 0.1) is 17.9 Å². The quantitative estimate of drug-likeness (QED) is 0.398. The molecule has 0 aliphatic rings. The highest BCUT2D eigenvalue weighted by Crippen LogP contribution is 2.19. The normalized spacial score (nSPS) is 10.5. The predicted octanol–water partition coefficient (Wildman–Crippen LogP) is 2.97. The van der Waals surface area contributed by atoms with Crippen molar-refractivity contribution in [2.75, 3.05) is 16.4 Å². The van der Waals surface area contributed by atoms with Gasteiger partial charge in [-0.1, -0.05) is 30.0 Å². The van der Waals surface area contributed by atoms with E-state index < -0.39 is 11.7 Å². The standard InChI is InChI=1S/C18H17FN6O2S2/c1-2-8-25-14(10-15(26)21-13-6-4-3-5-12(13)19)23-24-18(25)29-11-16(27)22-17-20-7-9-28-17/h2-7,9H,1,8,10-11H2,(H,21,26)(H,20,22,27). The molecule has 2 amide bonds.